The molecule has 1 saturated carbocycles. The predicted octanol–water partition coefficient (Wildman–Crippen LogP) is 6.46. The first-order chi connectivity index (χ1) is 10.1. The molecule has 0 aliphatic heterocycles. The normalized spacial score (nSPS) is 17.8. The lowest BCUT2D eigenvalue weighted by Crippen LogP contribution is -2.21. The van der Waals surface area contributed by atoms with Gasteiger partial charge in [0.1, 0.15) is 0 Å². The van der Waals surface area contributed by atoms with Crippen molar-refractivity contribution in [2.75, 3.05) is 5.32 Å². The molecule has 0 atom stereocenters. The van der Waals surface area contributed by atoms with E-state index in [9.17, 15) is 0 Å². The van der Waals surface area contributed by atoms with Crippen LogP contribution in [0, 0.1) is 0 Å². The first kappa shape index (κ1) is 16.4. The van der Waals surface area contributed by atoms with Crippen molar-refractivity contribution in [1.29, 1.82) is 0 Å². The average Bonchev–Trinajstić information content (AvgIpc) is 2.41. The second kappa shape index (κ2) is 7.87. The third-order valence-corrected chi connectivity index (χ3v) is 4.83. The molecule has 1 aliphatic carbocycles. The molecule has 1 aliphatic rings. The largest absolute Gasteiger partial charge is 0.382 e. The van der Waals surface area contributed by atoms with Crippen LogP contribution in [0.1, 0.15) is 95.6 Å². The Morgan fingerprint density at radius 2 is 1.48 bits per heavy atom. The number of rotatable bonds is 4. The molecule has 1 fully saturated rings. The summed E-state index contributed by atoms with van der Waals surface area (Å²) in [5.74, 6) is 1.19. The number of anilines is 1. The van der Waals surface area contributed by atoms with Gasteiger partial charge in [0.2, 0.25) is 0 Å². The van der Waals surface area contributed by atoms with Gasteiger partial charge in [-0.05, 0) is 41.9 Å². The molecule has 0 unspecified atom stereocenters. The summed E-state index contributed by atoms with van der Waals surface area (Å²) in [7, 11) is 0. The highest BCUT2D eigenvalue weighted by Crippen LogP contribution is 2.30. The van der Waals surface area contributed by atoms with Gasteiger partial charge >= 0.3 is 0 Å². The van der Waals surface area contributed by atoms with Crippen LogP contribution in [0.5, 0.6) is 0 Å². The standard InChI is InChI=1S/C20H33N/c1-15(2)17-12-13-20(19(14-17)16(3)4)21-18-10-8-6-5-7-9-11-18/h12-16,18,21H,5-11H2,1-4H3. The van der Waals surface area contributed by atoms with Crippen LogP contribution in [0.15, 0.2) is 18.2 Å². The SMILES string of the molecule is CC(C)c1ccc(NC2CCCCCCC2)c(C(C)C)c1. The van der Waals surface area contributed by atoms with Crippen LogP contribution in [-0.2, 0) is 0 Å². The van der Waals surface area contributed by atoms with Crippen LogP contribution >= 0.6 is 0 Å². The van der Waals surface area contributed by atoms with Crippen molar-refractivity contribution in [2.24, 2.45) is 0 Å². The molecule has 21 heavy (non-hydrogen) atoms. The molecule has 1 nitrogen and oxygen atoms in total. The second-order valence-electron chi connectivity index (χ2n) is 7.34. The quantitative estimate of drug-likeness (QED) is 0.670. The van der Waals surface area contributed by atoms with Gasteiger partial charge in [-0.3, -0.25) is 0 Å². The summed E-state index contributed by atoms with van der Waals surface area (Å²) in [6.45, 7) is 9.17. The molecule has 0 spiro atoms. The molecule has 0 aromatic heterocycles. The highest BCUT2D eigenvalue weighted by Gasteiger charge is 2.15. The van der Waals surface area contributed by atoms with E-state index in [4.69, 9.17) is 0 Å². The Morgan fingerprint density at radius 3 is 2.05 bits per heavy atom. The average molecular weight is 287 g/mol. The van der Waals surface area contributed by atoms with Crippen molar-refractivity contribution in [3.8, 4) is 0 Å². The maximum absolute atomic E-state index is 3.86. The van der Waals surface area contributed by atoms with Gasteiger partial charge in [0.05, 0.1) is 0 Å². The monoisotopic (exact) mass is 287 g/mol. The van der Waals surface area contributed by atoms with Crippen molar-refractivity contribution in [3.05, 3.63) is 29.3 Å². The fourth-order valence-electron chi connectivity index (χ4n) is 3.37. The van der Waals surface area contributed by atoms with Gasteiger partial charge in [0, 0.05) is 11.7 Å². The molecular weight excluding hydrogens is 254 g/mol. The van der Waals surface area contributed by atoms with E-state index < -0.39 is 0 Å². The topological polar surface area (TPSA) is 12.0 Å². The number of nitrogens with one attached hydrogen (secondary N) is 1. The lowest BCUT2D eigenvalue weighted by molar-refractivity contribution is 0.471. The minimum atomic E-state index is 0.583. The highest BCUT2D eigenvalue weighted by molar-refractivity contribution is 5.55. The Hall–Kier alpha value is -0.980. The summed E-state index contributed by atoms with van der Waals surface area (Å²) in [4.78, 5) is 0. The summed E-state index contributed by atoms with van der Waals surface area (Å²) in [6, 6.07) is 7.72. The van der Waals surface area contributed by atoms with Crippen molar-refractivity contribution >= 4 is 5.69 Å². The molecule has 1 aromatic rings. The summed E-state index contributed by atoms with van der Waals surface area (Å²) in [5.41, 5.74) is 4.32. The Labute approximate surface area is 131 Å². The van der Waals surface area contributed by atoms with Crippen molar-refractivity contribution < 1.29 is 0 Å². The van der Waals surface area contributed by atoms with Gasteiger partial charge in [-0.25, -0.2) is 0 Å². The molecule has 118 valence electrons. The Kier molecular flexibility index (Phi) is 6.14. The first-order valence-corrected chi connectivity index (χ1v) is 8.98. The molecule has 1 N–H and O–H groups in total. The molecule has 1 heteroatoms. The molecule has 0 amide bonds. The van der Waals surface area contributed by atoms with Crippen LogP contribution < -0.4 is 5.32 Å². The number of benzene rings is 1. The number of hydrogen-bond donors (Lipinski definition) is 1. The third-order valence-electron chi connectivity index (χ3n) is 4.83. The molecule has 0 heterocycles. The van der Waals surface area contributed by atoms with Crippen LogP contribution in [0.3, 0.4) is 0 Å². The van der Waals surface area contributed by atoms with E-state index in [2.05, 4.69) is 51.2 Å². The van der Waals surface area contributed by atoms with E-state index in [1.807, 2.05) is 0 Å². The van der Waals surface area contributed by atoms with E-state index in [-0.39, 0.29) is 0 Å². The molecule has 0 radical (unpaired) electrons. The zero-order valence-electron chi connectivity index (χ0n) is 14.4. The summed E-state index contributed by atoms with van der Waals surface area (Å²) in [6.07, 6.45) is 9.72. The van der Waals surface area contributed by atoms with Crippen molar-refractivity contribution in [1.82, 2.24) is 0 Å². The molecular formula is C20H33N. The van der Waals surface area contributed by atoms with Gasteiger partial charge in [-0.15, -0.1) is 0 Å². The molecule has 0 saturated heterocycles. The molecule has 2 rings (SSSR count). The van der Waals surface area contributed by atoms with Gasteiger partial charge in [0.25, 0.3) is 0 Å². The fourth-order valence-corrected chi connectivity index (χ4v) is 3.37. The second-order valence-corrected chi connectivity index (χ2v) is 7.34. The Balaban J connectivity index is 2.13. The predicted molar refractivity (Wildman–Crippen MR) is 94.3 cm³/mol. The van der Waals surface area contributed by atoms with E-state index in [1.165, 1.54) is 61.8 Å². The lowest BCUT2D eigenvalue weighted by atomic mass is 9.92. The first-order valence-electron chi connectivity index (χ1n) is 8.98. The Morgan fingerprint density at radius 1 is 0.857 bits per heavy atom. The van der Waals surface area contributed by atoms with Gasteiger partial charge in [0.15, 0.2) is 0 Å². The van der Waals surface area contributed by atoms with Crippen LogP contribution in [0.25, 0.3) is 0 Å². The van der Waals surface area contributed by atoms with E-state index in [0.29, 0.717) is 17.9 Å². The van der Waals surface area contributed by atoms with Gasteiger partial charge < -0.3 is 5.32 Å². The minimum absolute atomic E-state index is 0.583. The zero-order chi connectivity index (χ0) is 15.2. The van der Waals surface area contributed by atoms with Crippen LogP contribution in [0.2, 0.25) is 0 Å². The summed E-state index contributed by atoms with van der Waals surface area (Å²) < 4.78 is 0. The third kappa shape index (κ3) is 4.76. The molecule has 0 bridgehead atoms. The van der Waals surface area contributed by atoms with E-state index in [1.54, 1.807) is 0 Å². The smallest absolute Gasteiger partial charge is 0.0377 e. The van der Waals surface area contributed by atoms with Gasteiger partial charge in [-0.2, -0.15) is 0 Å². The van der Waals surface area contributed by atoms with Crippen LogP contribution in [-0.4, -0.2) is 6.04 Å². The fraction of sp³-hybridized carbons (Fsp3) is 0.700. The number of hydrogen-bond acceptors (Lipinski definition) is 1. The maximum Gasteiger partial charge on any atom is 0.0377 e. The highest BCUT2D eigenvalue weighted by atomic mass is 14.9. The van der Waals surface area contributed by atoms with Gasteiger partial charge in [-0.1, -0.05) is 71.9 Å². The van der Waals surface area contributed by atoms with Crippen molar-refractivity contribution in [3.63, 3.8) is 0 Å². The van der Waals surface area contributed by atoms with E-state index >= 15 is 0 Å². The van der Waals surface area contributed by atoms with Crippen molar-refractivity contribution in [2.45, 2.75) is 90.5 Å². The Bertz CT molecular complexity index is 425. The lowest BCUT2D eigenvalue weighted by Gasteiger charge is -2.25. The zero-order valence-corrected chi connectivity index (χ0v) is 14.4. The van der Waals surface area contributed by atoms with Crippen LogP contribution in [0.4, 0.5) is 5.69 Å². The summed E-state index contributed by atoms with van der Waals surface area (Å²) in [5, 5.41) is 3.86. The minimum Gasteiger partial charge on any atom is -0.382 e. The van der Waals surface area contributed by atoms with E-state index in [0.717, 1.165) is 0 Å². The maximum atomic E-state index is 3.86. The summed E-state index contributed by atoms with van der Waals surface area (Å²) >= 11 is 0. The molecule has 1 aromatic carbocycles.